The van der Waals surface area contributed by atoms with Gasteiger partial charge in [0.15, 0.2) is 0 Å². The number of hydrogen-bond donors (Lipinski definition) is 1. The second-order valence-corrected chi connectivity index (χ2v) is 8.10. The predicted octanol–water partition coefficient (Wildman–Crippen LogP) is 6.24. The first-order chi connectivity index (χ1) is 15.5. The number of amides is 1. The van der Waals surface area contributed by atoms with Crippen LogP contribution in [0.25, 0.3) is 10.8 Å². The van der Waals surface area contributed by atoms with Gasteiger partial charge < -0.3 is 4.74 Å². The van der Waals surface area contributed by atoms with Crippen LogP contribution in [-0.2, 0) is 0 Å². The highest BCUT2D eigenvalue weighted by Gasteiger charge is 2.14. The minimum Gasteiger partial charge on any atom is -0.422 e. The molecule has 158 valence electrons. The smallest absolute Gasteiger partial charge is 0.345 e. The van der Waals surface area contributed by atoms with Gasteiger partial charge in [-0.15, -0.1) is 0 Å². The number of hydrazone groups is 1. The maximum atomic E-state index is 12.7. The summed E-state index contributed by atoms with van der Waals surface area (Å²) in [6, 6.07) is 24.9. The number of rotatable bonds is 5. The number of benzene rings is 4. The Morgan fingerprint density at radius 3 is 2.47 bits per heavy atom. The van der Waals surface area contributed by atoms with E-state index in [1.165, 1.54) is 6.21 Å². The van der Waals surface area contributed by atoms with Crippen molar-refractivity contribution in [2.45, 2.75) is 0 Å². The zero-order valence-electron chi connectivity index (χ0n) is 16.6. The summed E-state index contributed by atoms with van der Waals surface area (Å²) in [6.45, 7) is 0. The number of halogens is 2. The fourth-order valence-electron chi connectivity index (χ4n) is 3.14. The van der Waals surface area contributed by atoms with Gasteiger partial charge in [-0.1, -0.05) is 76.1 Å². The van der Waals surface area contributed by atoms with Gasteiger partial charge in [-0.05, 0) is 47.2 Å². The van der Waals surface area contributed by atoms with E-state index >= 15 is 0 Å². The summed E-state index contributed by atoms with van der Waals surface area (Å²) in [6.07, 6.45) is 1.42. The molecule has 0 saturated heterocycles. The van der Waals surface area contributed by atoms with E-state index in [0.717, 1.165) is 15.2 Å². The minimum absolute atomic E-state index is 0.254. The molecule has 4 aromatic rings. The molecule has 0 fully saturated rings. The van der Waals surface area contributed by atoms with Gasteiger partial charge in [-0.3, -0.25) is 4.79 Å². The molecular weight excluding hydrogens is 492 g/mol. The van der Waals surface area contributed by atoms with Crippen molar-refractivity contribution in [1.29, 1.82) is 0 Å². The molecule has 0 heterocycles. The van der Waals surface area contributed by atoms with Crippen LogP contribution < -0.4 is 10.2 Å². The fraction of sp³-hybridized carbons (Fsp3) is 0. The van der Waals surface area contributed by atoms with Crippen LogP contribution >= 0.6 is 27.5 Å². The molecule has 4 aromatic carbocycles. The van der Waals surface area contributed by atoms with Crippen molar-refractivity contribution in [1.82, 2.24) is 5.43 Å². The van der Waals surface area contributed by atoms with Gasteiger partial charge in [-0.2, -0.15) is 5.10 Å². The summed E-state index contributed by atoms with van der Waals surface area (Å²) < 4.78 is 6.28. The van der Waals surface area contributed by atoms with E-state index in [-0.39, 0.29) is 17.2 Å². The van der Waals surface area contributed by atoms with Crippen molar-refractivity contribution in [2.24, 2.45) is 5.10 Å². The lowest BCUT2D eigenvalue weighted by Gasteiger charge is -2.09. The highest BCUT2D eigenvalue weighted by atomic mass is 79.9. The SMILES string of the molecule is O=C(Oc1ccc(Br)cc1/C=N\NC(=O)c1cccc2ccccc12)c1ccccc1Cl. The van der Waals surface area contributed by atoms with E-state index in [0.29, 0.717) is 16.1 Å². The van der Waals surface area contributed by atoms with Crippen molar-refractivity contribution in [3.63, 3.8) is 0 Å². The Kier molecular flexibility index (Phi) is 6.63. The molecule has 1 N–H and O–H groups in total. The molecule has 0 spiro atoms. The third-order valence-corrected chi connectivity index (χ3v) is 5.50. The van der Waals surface area contributed by atoms with Gasteiger partial charge in [0.25, 0.3) is 5.91 Å². The molecule has 0 radical (unpaired) electrons. The molecular formula is C25H16BrClN2O3. The van der Waals surface area contributed by atoms with Crippen molar-refractivity contribution in [3.8, 4) is 5.75 Å². The molecule has 5 nitrogen and oxygen atoms in total. The summed E-state index contributed by atoms with van der Waals surface area (Å²) in [5, 5.41) is 6.16. The Labute approximate surface area is 197 Å². The molecule has 0 atom stereocenters. The Morgan fingerprint density at radius 2 is 1.62 bits per heavy atom. The lowest BCUT2D eigenvalue weighted by atomic mass is 10.0. The number of ether oxygens (including phenoxy) is 1. The maximum absolute atomic E-state index is 12.7. The quantitative estimate of drug-likeness (QED) is 0.150. The highest BCUT2D eigenvalue weighted by molar-refractivity contribution is 9.10. The summed E-state index contributed by atoms with van der Waals surface area (Å²) in [7, 11) is 0. The molecule has 0 aliphatic heterocycles. The van der Waals surface area contributed by atoms with E-state index in [1.807, 2.05) is 36.4 Å². The number of nitrogens with zero attached hydrogens (tertiary/aromatic N) is 1. The summed E-state index contributed by atoms with van der Waals surface area (Å²) in [5.74, 6) is -0.656. The van der Waals surface area contributed by atoms with Gasteiger partial charge in [0.1, 0.15) is 5.75 Å². The first-order valence-electron chi connectivity index (χ1n) is 9.60. The third-order valence-electron chi connectivity index (χ3n) is 4.67. The molecule has 0 unspecified atom stereocenters. The highest BCUT2D eigenvalue weighted by Crippen LogP contribution is 2.24. The van der Waals surface area contributed by atoms with E-state index in [9.17, 15) is 9.59 Å². The zero-order valence-corrected chi connectivity index (χ0v) is 18.9. The first kappa shape index (κ1) is 21.7. The number of fused-ring (bicyclic) bond motifs is 1. The monoisotopic (exact) mass is 506 g/mol. The largest absolute Gasteiger partial charge is 0.422 e. The van der Waals surface area contributed by atoms with Crippen molar-refractivity contribution in [2.75, 3.05) is 0 Å². The van der Waals surface area contributed by atoms with Crippen LogP contribution in [0.5, 0.6) is 5.75 Å². The Bertz CT molecular complexity index is 1350. The molecule has 4 rings (SSSR count). The van der Waals surface area contributed by atoms with Gasteiger partial charge in [0, 0.05) is 15.6 Å². The zero-order chi connectivity index (χ0) is 22.5. The molecule has 0 aliphatic carbocycles. The van der Waals surface area contributed by atoms with Gasteiger partial charge in [0.05, 0.1) is 16.8 Å². The average molecular weight is 508 g/mol. The number of carbonyl (C=O) groups excluding carboxylic acids is 2. The second kappa shape index (κ2) is 9.77. The Hall–Kier alpha value is -3.48. The van der Waals surface area contributed by atoms with Gasteiger partial charge in [0.2, 0.25) is 0 Å². The average Bonchev–Trinajstić information content (AvgIpc) is 2.80. The Morgan fingerprint density at radius 1 is 0.906 bits per heavy atom. The molecule has 0 aromatic heterocycles. The Balaban J connectivity index is 1.54. The lowest BCUT2D eigenvalue weighted by Crippen LogP contribution is -2.18. The van der Waals surface area contributed by atoms with Crippen LogP contribution in [0.3, 0.4) is 0 Å². The van der Waals surface area contributed by atoms with E-state index in [4.69, 9.17) is 16.3 Å². The molecule has 0 bridgehead atoms. The van der Waals surface area contributed by atoms with Crippen LogP contribution in [0.1, 0.15) is 26.3 Å². The van der Waals surface area contributed by atoms with Crippen molar-refractivity contribution in [3.05, 3.63) is 111 Å². The molecule has 0 aliphatic rings. The molecule has 32 heavy (non-hydrogen) atoms. The fourth-order valence-corrected chi connectivity index (χ4v) is 3.73. The van der Waals surface area contributed by atoms with Crippen LogP contribution in [0.4, 0.5) is 0 Å². The van der Waals surface area contributed by atoms with E-state index in [1.54, 1.807) is 48.5 Å². The van der Waals surface area contributed by atoms with Crippen LogP contribution in [-0.4, -0.2) is 18.1 Å². The van der Waals surface area contributed by atoms with Crippen molar-refractivity contribution >= 4 is 56.4 Å². The standard InChI is InChI=1S/C25H16BrClN2O3/c26-18-12-13-23(32-25(31)21-9-3-4-11-22(21)27)17(14-18)15-28-29-24(30)20-10-5-7-16-6-1-2-8-19(16)20/h1-15H,(H,29,30)/b28-15-. The van der Waals surface area contributed by atoms with Gasteiger partial charge in [-0.25, -0.2) is 10.2 Å². The molecule has 7 heteroatoms. The topological polar surface area (TPSA) is 67.8 Å². The summed E-state index contributed by atoms with van der Waals surface area (Å²) in [4.78, 5) is 25.2. The third kappa shape index (κ3) is 4.88. The van der Waals surface area contributed by atoms with Crippen LogP contribution in [0.2, 0.25) is 5.02 Å². The van der Waals surface area contributed by atoms with Gasteiger partial charge >= 0.3 is 5.97 Å². The molecule has 0 saturated carbocycles. The van der Waals surface area contributed by atoms with Crippen LogP contribution in [0.15, 0.2) is 94.5 Å². The number of hydrogen-bond acceptors (Lipinski definition) is 4. The maximum Gasteiger partial charge on any atom is 0.345 e. The van der Waals surface area contributed by atoms with Crippen LogP contribution in [0, 0.1) is 0 Å². The number of nitrogens with one attached hydrogen (secondary N) is 1. The first-order valence-corrected chi connectivity index (χ1v) is 10.8. The lowest BCUT2D eigenvalue weighted by molar-refractivity contribution is 0.0734. The van der Waals surface area contributed by atoms with E-state index in [2.05, 4.69) is 26.5 Å². The minimum atomic E-state index is -0.590. The predicted molar refractivity (Wildman–Crippen MR) is 130 cm³/mol. The number of carbonyl (C=O) groups is 2. The number of esters is 1. The second-order valence-electron chi connectivity index (χ2n) is 6.78. The summed E-state index contributed by atoms with van der Waals surface area (Å²) in [5.41, 5.74) is 3.80. The normalized spacial score (nSPS) is 10.9. The molecule has 1 amide bonds. The summed E-state index contributed by atoms with van der Waals surface area (Å²) >= 11 is 9.48. The van der Waals surface area contributed by atoms with E-state index < -0.39 is 5.97 Å². The van der Waals surface area contributed by atoms with Crippen molar-refractivity contribution < 1.29 is 14.3 Å².